The van der Waals surface area contributed by atoms with E-state index in [0.717, 1.165) is 0 Å². The van der Waals surface area contributed by atoms with E-state index in [2.05, 4.69) is 25.7 Å². The van der Waals surface area contributed by atoms with Crippen molar-refractivity contribution in [2.75, 3.05) is 13.7 Å². The highest BCUT2D eigenvalue weighted by Crippen LogP contribution is 2.07. The van der Waals surface area contributed by atoms with Crippen LogP contribution < -0.4 is 5.73 Å². The molecule has 0 atom stereocenters. The van der Waals surface area contributed by atoms with E-state index in [1.54, 1.807) is 0 Å². The van der Waals surface area contributed by atoms with Crippen molar-refractivity contribution < 1.29 is 9.53 Å². The highest BCUT2D eigenvalue weighted by Gasteiger charge is 2.13. The minimum absolute atomic E-state index is 0.211. The fourth-order valence-corrected chi connectivity index (χ4v) is 0.859. The fourth-order valence-electron chi connectivity index (χ4n) is 0.571. The average Bonchev–Trinajstić information content (AvgIpc) is 2.11. The fraction of sp³-hybridized carbons (Fsp3) is 0.429. The lowest BCUT2D eigenvalue weighted by atomic mass is 10.3. The van der Waals surface area contributed by atoms with Gasteiger partial charge < -0.3 is 10.5 Å². The first-order valence-corrected chi connectivity index (χ1v) is 4.17. The second-order valence-electron chi connectivity index (χ2n) is 1.83. The molecule has 0 aliphatic carbocycles. The van der Waals surface area contributed by atoms with Crippen molar-refractivity contribution >= 4 is 27.6 Å². The molecule has 5 heteroatoms. The van der Waals surface area contributed by atoms with E-state index in [4.69, 9.17) is 5.73 Å². The molecular weight excluding hydrogens is 224 g/mol. The van der Waals surface area contributed by atoms with E-state index in [1.807, 2.05) is 6.92 Å². The largest absolute Gasteiger partial charge is 0.464 e. The molecule has 0 aromatic carbocycles. The molecule has 0 saturated carbocycles. The van der Waals surface area contributed by atoms with Gasteiger partial charge in [-0.2, -0.15) is 0 Å². The van der Waals surface area contributed by atoms with Crippen LogP contribution in [0.5, 0.6) is 0 Å². The number of methoxy groups -OCH3 is 1. The molecule has 0 saturated heterocycles. The molecule has 0 aromatic rings. The number of ether oxygens (including phenoxy) is 1. The first kappa shape index (κ1) is 11.2. The number of carbonyl (C=O) groups excluding carboxylic acids is 1. The molecule has 0 radical (unpaired) electrons. The van der Waals surface area contributed by atoms with Gasteiger partial charge in [0.25, 0.3) is 0 Å². The van der Waals surface area contributed by atoms with Crippen LogP contribution >= 0.6 is 15.9 Å². The maximum atomic E-state index is 11.0. The Morgan fingerprint density at radius 2 is 2.33 bits per heavy atom. The lowest BCUT2D eigenvalue weighted by Crippen LogP contribution is -2.17. The summed E-state index contributed by atoms with van der Waals surface area (Å²) in [7, 11) is 1.30. The Labute approximate surface area is 79.6 Å². The summed E-state index contributed by atoms with van der Waals surface area (Å²) >= 11 is 3.09. The zero-order valence-corrected chi connectivity index (χ0v) is 8.59. The lowest BCUT2D eigenvalue weighted by molar-refractivity contribution is -0.132. The van der Waals surface area contributed by atoms with Crippen LogP contribution in [0.3, 0.4) is 0 Å². The Morgan fingerprint density at radius 3 is 2.67 bits per heavy atom. The van der Waals surface area contributed by atoms with Crippen molar-refractivity contribution in [1.29, 1.82) is 0 Å². The predicted molar refractivity (Wildman–Crippen MR) is 51.2 cm³/mol. The molecule has 4 nitrogen and oxygen atoms in total. The van der Waals surface area contributed by atoms with Gasteiger partial charge in [0.15, 0.2) is 5.71 Å². The normalized spacial score (nSPS) is 12.9. The number of esters is 1. The maximum absolute atomic E-state index is 11.0. The molecular formula is C7H11BrN2O2. The van der Waals surface area contributed by atoms with Gasteiger partial charge in [0, 0.05) is 12.7 Å². The van der Waals surface area contributed by atoms with Crippen LogP contribution in [-0.4, -0.2) is 25.3 Å². The second kappa shape index (κ2) is 5.77. The molecule has 0 fully saturated rings. The highest BCUT2D eigenvalue weighted by atomic mass is 79.9. The van der Waals surface area contributed by atoms with Gasteiger partial charge in [0.1, 0.15) is 0 Å². The molecule has 0 bridgehead atoms. The van der Waals surface area contributed by atoms with Gasteiger partial charge in [-0.3, -0.25) is 4.99 Å². The number of carbonyl (C=O) groups is 1. The summed E-state index contributed by atoms with van der Waals surface area (Å²) in [6, 6.07) is 0. The Balaban J connectivity index is 4.68. The van der Waals surface area contributed by atoms with Crippen molar-refractivity contribution in [3.8, 4) is 0 Å². The van der Waals surface area contributed by atoms with Gasteiger partial charge >= 0.3 is 5.97 Å². The predicted octanol–water partition coefficient (Wildman–Crippen LogP) is 0.815. The van der Waals surface area contributed by atoms with Crippen LogP contribution in [-0.2, 0) is 9.53 Å². The van der Waals surface area contributed by atoms with Gasteiger partial charge in [0.05, 0.1) is 11.6 Å². The van der Waals surface area contributed by atoms with Crippen LogP contribution in [0.2, 0.25) is 0 Å². The first-order valence-electron chi connectivity index (χ1n) is 3.37. The summed E-state index contributed by atoms with van der Waals surface area (Å²) in [6.45, 7) is 2.33. The van der Waals surface area contributed by atoms with Gasteiger partial charge in [-0.1, -0.05) is 0 Å². The summed E-state index contributed by atoms with van der Waals surface area (Å²) in [4.78, 5) is 14.9. The van der Waals surface area contributed by atoms with Crippen LogP contribution in [0.25, 0.3) is 0 Å². The summed E-state index contributed by atoms with van der Waals surface area (Å²) < 4.78 is 4.93. The average molecular weight is 235 g/mol. The van der Waals surface area contributed by atoms with E-state index in [0.29, 0.717) is 11.0 Å². The summed E-state index contributed by atoms with van der Waals surface area (Å²) in [5.74, 6) is -0.495. The maximum Gasteiger partial charge on any atom is 0.357 e. The Hall–Kier alpha value is -0.840. The second-order valence-corrected chi connectivity index (χ2v) is 2.68. The minimum Gasteiger partial charge on any atom is -0.464 e. The Bertz CT molecular complexity index is 223. The summed E-state index contributed by atoms with van der Waals surface area (Å²) in [6.07, 6.45) is 1.26. The van der Waals surface area contributed by atoms with E-state index < -0.39 is 5.97 Å². The van der Waals surface area contributed by atoms with Crippen LogP contribution in [0, 0.1) is 0 Å². The number of hydrogen-bond donors (Lipinski definition) is 1. The van der Waals surface area contributed by atoms with Crippen molar-refractivity contribution in [1.82, 2.24) is 0 Å². The summed E-state index contributed by atoms with van der Waals surface area (Å²) in [5.41, 5.74) is 5.41. The molecule has 0 heterocycles. The number of rotatable bonds is 3. The number of aliphatic imine (C=N–C) groups is 1. The van der Waals surface area contributed by atoms with Crippen molar-refractivity contribution in [2.45, 2.75) is 6.92 Å². The molecule has 2 N–H and O–H groups in total. The Morgan fingerprint density at radius 1 is 1.75 bits per heavy atom. The smallest absolute Gasteiger partial charge is 0.357 e. The summed E-state index contributed by atoms with van der Waals surface area (Å²) in [5, 5.41) is 0. The van der Waals surface area contributed by atoms with Gasteiger partial charge in [-0.25, -0.2) is 4.79 Å². The molecule has 68 valence electrons. The van der Waals surface area contributed by atoms with Crippen molar-refractivity contribution in [3.63, 3.8) is 0 Å². The van der Waals surface area contributed by atoms with E-state index >= 15 is 0 Å². The first-order chi connectivity index (χ1) is 5.67. The minimum atomic E-state index is -0.495. The number of hydrogen-bond acceptors (Lipinski definition) is 4. The molecule has 0 spiro atoms. The number of halogens is 1. The van der Waals surface area contributed by atoms with Crippen LogP contribution in [0.1, 0.15) is 6.92 Å². The molecule has 12 heavy (non-hydrogen) atoms. The zero-order chi connectivity index (χ0) is 9.56. The van der Waals surface area contributed by atoms with Crippen LogP contribution in [0.15, 0.2) is 15.7 Å². The molecule has 0 unspecified atom stereocenters. The van der Waals surface area contributed by atoms with E-state index in [-0.39, 0.29) is 5.71 Å². The third-order valence-electron chi connectivity index (χ3n) is 1.07. The van der Waals surface area contributed by atoms with Crippen molar-refractivity contribution in [2.24, 2.45) is 10.7 Å². The SMILES string of the molecule is CCN=C(C(=O)OC)/C(Br)=C\N. The number of nitrogens with zero attached hydrogens (tertiary/aromatic N) is 1. The van der Waals surface area contributed by atoms with E-state index in [1.165, 1.54) is 13.3 Å². The zero-order valence-electron chi connectivity index (χ0n) is 7.00. The Kier molecular flexibility index (Phi) is 5.36. The topological polar surface area (TPSA) is 64.7 Å². The van der Waals surface area contributed by atoms with Crippen molar-refractivity contribution in [3.05, 3.63) is 10.7 Å². The third-order valence-corrected chi connectivity index (χ3v) is 1.71. The van der Waals surface area contributed by atoms with Gasteiger partial charge in [0.2, 0.25) is 0 Å². The lowest BCUT2D eigenvalue weighted by Gasteiger charge is -2.01. The third kappa shape index (κ3) is 3.04. The number of nitrogens with two attached hydrogens (primary N) is 1. The molecule has 0 rings (SSSR count). The monoisotopic (exact) mass is 234 g/mol. The van der Waals surface area contributed by atoms with Gasteiger partial charge in [-0.05, 0) is 22.9 Å². The highest BCUT2D eigenvalue weighted by molar-refractivity contribution is 9.12. The standard InChI is InChI=1S/C7H11BrN2O2/c1-3-10-6(5(8)4-9)7(11)12-2/h4H,3,9H2,1-2H3/b5-4+,10-6?. The molecule has 0 aliphatic heterocycles. The van der Waals surface area contributed by atoms with E-state index in [9.17, 15) is 4.79 Å². The molecule has 0 amide bonds. The molecule has 0 aromatic heterocycles. The quantitative estimate of drug-likeness (QED) is 0.581. The molecule has 0 aliphatic rings. The van der Waals surface area contributed by atoms with Crippen LogP contribution in [0.4, 0.5) is 0 Å². The van der Waals surface area contributed by atoms with Gasteiger partial charge in [-0.15, -0.1) is 0 Å².